The summed E-state index contributed by atoms with van der Waals surface area (Å²) < 4.78 is 0. The zero-order valence-corrected chi connectivity index (χ0v) is 11.8. The van der Waals surface area contributed by atoms with E-state index in [0.29, 0.717) is 17.3 Å². The van der Waals surface area contributed by atoms with Crippen molar-refractivity contribution in [1.82, 2.24) is 5.32 Å². The second kappa shape index (κ2) is 7.24. The molecular formula is C13H20ClN3O. The van der Waals surface area contributed by atoms with Crippen molar-refractivity contribution in [2.24, 2.45) is 0 Å². The van der Waals surface area contributed by atoms with E-state index in [4.69, 9.17) is 11.6 Å². The fraction of sp³-hybridized carbons (Fsp3) is 0.462. The molecule has 4 nitrogen and oxygen atoms in total. The zero-order valence-electron chi connectivity index (χ0n) is 11.1. The summed E-state index contributed by atoms with van der Waals surface area (Å²) in [4.78, 5) is 13.5. The van der Waals surface area contributed by atoms with Gasteiger partial charge in [0.05, 0.1) is 17.3 Å². The zero-order chi connectivity index (χ0) is 13.5. The van der Waals surface area contributed by atoms with Gasteiger partial charge in [-0.05, 0) is 31.2 Å². The summed E-state index contributed by atoms with van der Waals surface area (Å²) in [7, 11) is 3.85. The van der Waals surface area contributed by atoms with Gasteiger partial charge in [-0.2, -0.15) is 0 Å². The second-order valence-corrected chi connectivity index (χ2v) is 4.69. The van der Waals surface area contributed by atoms with Crippen LogP contribution in [0.25, 0.3) is 0 Å². The molecule has 0 atom stereocenters. The van der Waals surface area contributed by atoms with E-state index in [1.54, 1.807) is 6.07 Å². The molecule has 0 bridgehead atoms. The maximum atomic E-state index is 11.6. The van der Waals surface area contributed by atoms with Gasteiger partial charge < -0.3 is 15.5 Å². The number of carbonyl (C=O) groups excluding carboxylic acids is 1. The van der Waals surface area contributed by atoms with Crippen molar-refractivity contribution in [2.75, 3.05) is 37.4 Å². The summed E-state index contributed by atoms with van der Waals surface area (Å²) in [5.41, 5.74) is 1.65. The number of hydrogen-bond donors (Lipinski definition) is 2. The molecule has 100 valence electrons. The first-order valence-electron chi connectivity index (χ1n) is 6.02. The maximum absolute atomic E-state index is 11.6. The fourth-order valence-corrected chi connectivity index (χ4v) is 1.88. The molecular weight excluding hydrogens is 250 g/mol. The second-order valence-electron chi connectivity index (χ2n) is 4.29. The number of rotatable bonds is 6. The van der Waals surface area contributed by atoms with Gasteiger partial charge in [-0.3, -0.25) is 4.79 Å². The number of benzene rings is 1. The van der Waals surface area contributed by atoms with E-state index in [2.05, 4.69) is 17.6 Å². The molecule has 0 saturated heterocycles. The van der Waals surface area contributed by atoms with Crippen molar-refractivity contribution in [3.8, 4) is 0 Å². The molecule has 0 aromatic heterocycles. The van der Waals surface area contributed by atoms with Crippen LogP contribution in [0.3, 0.4) is 0 Å². The minimum absolute atomic E-state index is 0.0582. The van der Waals surface area contributed by atoms with Crippen molar-refractivity contribution in [3.63, 3.8) is 0 Å². The lowest BCUT2D eigenvalue weighted by molar-refractivity contribution is -0.115. The van der Waals surface area contributed by atoms with Crippen LogP contribution in [0.5, 0.6) is 0 Å². The largest absolute Gasteiger partial charge is 0.376 e. The highest BCUT2D eigenvalue weighted by Crippen LogP contribution is 2.27. The van der Waals surface area contributed by atoms with Crippen LogP contribution in [0.15, 0.2) is 18.2 Å². The molecule has 5 heteroatoms. The molecule has 0 heterocycles. The van der Waals surface area contributed by atoms with Crippen LogP contribution < -0.4 is 15.5 Å². The highest BCUT2D eigenvalue weighted by Gasteiger charge is 2.06. The molecule has 0 saturated carbocycles. The first kappa shape index (κ1) is 14.8. The Morgan fingerprint density at radius 1 is 1.39 bits per heavy atom. The molecule has 1 amide bonds. The van der Waals surface area contributed by atoms with E-state index in [1.807, 2.05) is 31.1 Å². The Labute approximate surface area is 113 Å². The van der Waals surface area contributed by atoms with Crippen LogP contribution in [-0.4, -0.2) is 33.1 Å². The van der Waals surface area contributed by atoms with Gasteiger partial charge in [0.25, 0.3) is 0 Å². The lowest BCUT2D eigenvalue weighted by Gasteiger charge is -2.15. The number of nitrogens with zero attached hydrogens (tertiary/aromatic N) is 1. The summed E-state index contributed by atoms with van der Waals surface area (Å²) >= 11 is 6.13. The standard InChI is InChI=1S/C13H20ClN3O/c1-4-7-15-9-13(18)16-10-5-6-12(17(2)3)11(14)8-10/h5-6,8,15H,4,7,9H2,1-3H3,(H,16,18). The van der Waals surface area contributed by atoms with Crippen molar-refractivity contribution in [2.45, 2.75) is 13.3 Å². The monoisotopic (exact) mass is 269 g/mol. The van der Waals surface area contributed by atoms with Crippen molar-refractivity contribution in [3.05, 3.63) is 23.2 Å². The average Bonchev–Trinajstić information content (AvgIpc) is 2.28. The molecule has 0 spiro atoms. The topological polar surface area (TPSA) is 44.4 Å². The third-order valence-corrected chi connectivity index (χ3v) is 2.73. The van der Waals surface area contributed by atoms with E-state index in [-0.39, 0.29) is 5.91 Å². The molecule has 0 aliphatic heterocycles. The summed E-state index contributed by atoms with van der Waals surface area (Å²) in [6.07, 6.45) is 1.01. The van der Waals surface area contributed by atoms with Gasteiger partial charge in [0, 0.05) is 19.8 Å². The minimum Gasteiger partial charge on any atom is -0.376 e. The van der Waals surface area contributed by atoms with E-state index >= 15 is 0 Å². The smallest absolute Gasteiger partial charge is 0.238 e. The quantitative estimate of drug-likeness (QED) is 0.779. The summed E-state index contributed by atoms with van der Waals surface area (Å²) in [6, 6.07) is 5.49. The van der Waals surface area contributed by atoms with Gasteiger partial charge in [-0.1, -0.05) is 18.5 Å². The Morgan fingerprint density at radius 2 is 2.11 bits per heavy atom. The number of nitrogens with one attached hydrogen (secondary N) is 2. The van der Waals surface area contributed by atoms with Gasteiger partial charge in [0.15, 0.2) is 0 Å². The van der Waals surface area contributed by atoms with Gasteiger partial charge in [-0.15, -0.1) is 0 Å². The molecule has 0 fully saturated rings. The molecule has 0 aliphatic carbocycles. The van der Waals surface area contributed by atoms with Crippen LogP contribution in [0.2, 0.25) is 5.02 Å². The normalized spacial score (nSPS) is 10.2. The van der Waals surface area contributed by atoms with Crippen LogP contribution in [0, 0.1) is 0 Å². The molecule has 1 rings (SSSR count). The molecule has 0 unspecified atom stereocenters. The lowest BCUT2D eigenvalue weighted by Crippen LogP contribution is -2.28. The highest BCUT2D eigenvalue weighted by atomic mass is 35.5. The summed E-state index contributed by atoms with van der Waals surface area (Å²) in [6.45, 7) is 3.22. The molecule has 1 aromatic rings. The number of hydrogen-bond acceptors (Lipinski definition) is 3. The number of amides is 1. The molecule has 0 aliphatic rings. The van der Waals surface area contributed by atoms with Crippen molar-refractivity contribution < 1.29 is 4.79 Å². The lowest BCUT2D eigenvalue weighted by atomic mass is 10.2. The van der Waals surface area contributed by atoms with E-state index in [1.165, 1.54) is 0 Å². The van der Waals surface area contributed by atoms with Crippen LogP contribution in [0.4, 0.5) is 11.4 Å². The number of carbonyl (C=O) groups is 1. The SMILES string of the molecule is CCCNCC(=O)Nc1ccc(N(C)C)c(Cl)c1. The fourth-order valence-electron chi connectivity index (χ4n) is 1.53. The summed E-state index contributed by atoms with van der Waals surface area (Å²) in [5.74, 6) is -0.0582. The average molecular weight is 270 g/mol. The van der Waals surface area contributed by atoms with Crippen LogP contribution >= 0.6 is 11.6 Å². The van der Waals surface area contributed by atoms with Crippen LogP contribution in [0.1, 0.15) is 13.3 Å². The molecule has 0 radical (unpaired) electrons. The van der Waals surface area contributed by atoms with Crippen molar-refractivity contribution >= 4 is 28.9 Å². The van der Waals surface area contributed by atoms with Crippen LogP contribution in [-0.2, 0) is 4.79 Å². The van der Waals surface area contributed by atoms with Crippen molar-refractivity contribution in [1.29, 1.82) is 0 Å². The Morgan fingerprint density at radius 3 is 2.67 bits per heavy atom. The van der Waals surface area contributed by atoms with Gasteiger partial charge >= 0.3 is 0 Å². The summed E-state index contributed by atoms with van der Waals surface area (Å²) in [5, 5.41) is 6.47. The third-order valence-electron chi connectivity index (χ3n) is 2.43. The first-order valence-corrected chi connectivity index (χ1v) is 6.39. The molecule has 2 N–H and O–H groups in total. The Balaban J connectivity index is 2.58. The van der Waals surface area contributed by atoms with E-state index in [9.17, 15) is 4.79 Å². The number of halogens is 1. The van der Waals surface area contributed by atoms with Gasteiger partial charge in [0.2, 0.25) is 5.91 Å². The predicted molar refractivity (Wildman–Crippen MR) is 77.6 cm³/mol. The maximum Gasteiger partial charge on any atom is 0.238 e. The Hall–Kier alpha value is -1.26. The highest BCUT2D eigenvalue weighted by molar-refractivity contribution is 6.33. The predicted octanol–water partition coefficient (Wildman–Crippen LogP) is 2.34. The minimum atomic E-state index is -0.0582. The molecule has 18 heavy (non-hydrogen) atoms. The van der Waals surface area contributed by atoms with Gasteiger partial charge in [0.1, 0.15) is 0 Å². The molecule has 1 aromatic carbocycles. The Bertz CT molecular complexity index is 407. The Kier molecular flexibility index (Phi) is 5.95. The first-order chi connectivity index (χ1) is 8.54. The van der Waals surface area contributed by atoms with Gasteiger partial charge in [-0.25, -0.2) is 0 Å². The van der Waals surface area contributed by atoms with E-state index in [0.717, 1.165) is 18.7 Å². The van der Waals surface area contributed by atoms with E-state index < -0.39 is 0 Å². The third kappa shape index (κ3) is 4.55. The number of anilines is 2.